The van der Waals surface area contributed by atoms with Gasteiger partial charge in [-0.25, -0.2) is 0 Å². The average Bonchev–Trinajstić information content (AvgIpc) is 2.89. The highest BCUT2D eigenvalue weighted by atomic mass is 35.5. The van der Waals surface area contributed by atoms with Gasteiger partial charge in [-0.05, 0) is 24.8 Å². The van der Waals surface area contributed by atoms with Gasteiger partial charge in [0.25, 0.3) is 0 Å². The van der Waals surface area contributed by atoms with Gasteiger partial charge in [0.05, 0.1) is 6.10 Å². The maximum absolute atomic E-state index is 6.00. The van der Waals surface area contributed by atoms with Gasteiger partial charge in [-0.15, -0.1) is 11.6 Å². The summed E-state index contributed by atoms with van der Waals surface area (Å²) < 4.78 is 5.59. The molecule has 2 rings (SSSR count). The van der Waals surface area contributed by atoms with Gasteiger partial charge in [-0.3, -0.25) is 0 Å². The second-order valence-electron chi connectivity index (χ2n) is 4.58. The number of ether oxygens (including phenoxy) is 1. The van der Waals surface area contributed by atoms with Crippen molar-refractivity contribution in [3.8, 4) is 0 Å². The first-order valence-electron chi connectivity index (χ1n) is 6.33. The minimum Gasteiger partial charge on any atom is -0.377 e. The van der Waals surface area contributed by atoms with Gasteiger partial charge in [0.15, 0.2) is 0 Å². The van der Waals surface area contributed by atoms with E-state index >= 15 is 0 Å². The Morgan fingerprint density at radius 2 is 2.18 bits per heavy atom. The van der Waals surface area contributed by atoms with Gasteiger partial charge in [-0.2, -0.15) is 0 Å². The summed E-state index contributed by atoms with van der Waals surface area (Å²) in [7, 11) is 0. The third-order valence-electron chi connectivity index (χ3n) is 3.17. The van der Waals surface area contributed by atoms with Gasteiger partial charge in [0.1, 0.15) is 0 Å². The molecule has 94 valence electrons. The quantitative estimate of drug-likeness (QED) is 0.787. The van der Waals surface area contributed by atoms with Crippen LogP contribution in [0.15, 0.2) is 30.3 Å². The second kappa shape index (κ2) is 7.00. The fourth-order valence-electron chi connectivity index (χ4n) is 2.18. The number of hydrogen-bond acceptors (Lipinski definition) is 2. The largest absolute Gasteiger partial charge is 0.377 e. The molecule has 1 fully saturated rings. The summed E-state index contributed by atoms with van der Waals surface area (Å²) in [6, 6.07) is 10.8. The first kappa shape index (κ1) is 12.9. The van der Waals surface area contributed by atoms with Crippen LogP contribution in [0.2, 0.25) is 0 Å². The van der Waals surface area contributed by atoms with Crippen molar-refractivity contribution in [2.75, 3.05) is 19.0 Å². The number of nitrogens with one attached hydrogen (secondary N) is 1. The van der Waals surface area contributed by atoms with E-state index in [4.69, 9.17) is 16.3 Å². The second-order valence-corrected chi connectivity index (χ2v) is 4.89. The molecule has 1 heterocycles. The molecular formula is C14H20ClNO. The van der Waals surface area contributed by atoms with Crippen LogP contribution in [0.25, 0.3) is 0 Å². The van der Waals surface area contributed by atoms with E-state index in [1.54, 1.807) is 0 Å². The Hall–Kier alpha value is -0.570. The number of hydrogen-bond donors (Lipinski definition) is 1. The van der Waals surface area contributed by atoms with Crippen molar-refractivity contribution in [1.82, 2.24) is 5.32 Å². The molecule has 1 aliphatic rings. The van der Waals surface area contributed by atoms with Crippen LogP contribution in [-0.4, -0.2) is 31.2 Å². The summed E-state index contributed by atoms with van der Waals surface area (Å²) >= 11 is 6.00. The molecule has 1 aliphatic heterocycles. The summed E-state index contributed by atoms with van der Waals surface area (Å²) in [5.41, 5.74) is 1.33. The maximum Gasteiger partial charge on any atom is 0.0700 e. The van der Waals surface area contributed by atoms with Crippen LogP contribution < -0.4 is 5.32 Å². The van der Waals surface area contributed by atoms with E-state index in [0.717, 1.165) is 19.6 Å². The smallest absolute Gasteiger partial charge is 0.0700 e. The van der Waals surface area contributed by atoms with Crippen LogP contribution in [0.1, 0.15) is 18.4 Å². The topological polar surface area (TPSA) is 21.3 Å². The van der Waals surface area contributed by atoms with E-state index in [-0.39, 0.29) is 0 Å². The highest BCUT2D eigenvalue weighted by Gasteiger charge is 2.17. The number of rotatable bonds is 6. The summed E-state index contributed by atoms with van der Waals surface area (Å²) in [4.78, 5) is 0. The van der Waals surface area contributed by atoms with Crippen LogP contribution in [0.4, 0.5) is 0 Å². The predicted octanol–water partition coefficient (Wildman–Crippen LogP) is 2.61. The van der Waals surface area contributed by atoms with Crippen LogP contribution in [0, 0.1) is 0 Å². The Kier molecular flexibility index (Phi) is 5.30. The van der Waals surface area contributed by atoms with Crippen LogP contribution in [0.3, 0.4) is 0 Å². The van der Waals surface area contributed by atoms with Gasteiger partial charge >= 0.3 is 0 Å². The molecule has 0 bridgehead atoms. The van der Waals surface area contributed by atoms with Crippen LogP contribution in [0.5, 0.6) is 0 Å². The molecule has 0 spiro atoms. The van der Waals surface area contributed by atoms with E-state index in [2.05, 4.69) is 29.6 Å². The zero-order chi connectivity index (χ0) is 11.9. The average molecular weight is 254 g/mol. The molecule has 0 aliphatic carbocycles. The van der Waals surface area contributed by atoms with E-state index < -0.39 is 0 Å². The van der Waals surface area contributed by atoms with Crippen molar-refractivity contribution in [3.05, 3.63) is 35.9 Å². The zero-order valence-electron chi connectivity index (χ0n) is 10.1. The Morgan fingerprint density at radius 3 is 2.82 bits per heavy atom. The molecule has 0 amide bonds. The Bertz CT molecular complexity index is 311. The fourth-order valence-corrected chi connectivity index (χ4v) is 2.40. The molecule has 3 heteroatoms. The van der Waals surface area contributed by atoms with E-state index in [1.165, 1.54) is 18.4 Å². The lowest BCUT2D eigenvalue weighted by Gasteiger charge is -2.18. The lowest BCUT2D eigenvalue weighted by molar-refractivity contribution is 0.108. The van der Waals surface area contributed by atoms with Crippen molar-refractivity contribution < 1.29 is 4.74 Å². The lowest BCUT2D eigenvalue weighted by Crippen LogP contribution is -2.38. The fraction of sp³-hybridized carbons (Fsp3) is 0.571. The van der Waals surface area contributed by atoms with E-state index in [0.29, 0.717) is 18.0 Å². The molecule has 0 radical (unpaired) electrons. The molecule has 2 unspecified atom stereocenters. The van der Waals surface area contributed by atoms with Gasteiger partial charge in [-0.1, -0.05) is 30.3 Å². The summed E-state index contributed by atoms with van der Waals surface area (Å²) in [6.07, 6.45) is 3.73. The first-order chi connectivity index (χ1) is 8.38. The normalized spacial score (nSPS) is 21.6. The summed E-state index contributed by atoms with van der Waals surface area (Å²) in [5.74, 6) is 0.640. The van der Waals surface area contributed by atoms with Crippen molar-refractivity contribution in [2.45, 2.75) is 31.4 Å². The third-order valence-corrected chi connectivity index (χ3v) is 3.54. The standard InChI is InChI=1S/C14H20ClNO/c15-10-13(9-12-5-2-1-3-6-12)16-11-14-7-4-8-17-14/h1-3,5-6,13-14,16H,4,7-11H2. The molecule has 1 aromatic rings. The third kappa shape index (κ3) is 4.30. The van der Waals surface area contributed by atoms with Crippen LogP contribution in [-0.2, 0) is 11.2 Å². The minimum absolute atomic E-state index is 0.336. The monoisotopic (exact) mass is 253 g/mol. The Labute approximate surface area is 108 Å². The minimum atomic E-state index is 0.336. The van der Waals surface area contributed by atoms with Gasteiger partial charge in [0.2, 0.25) is 0 Å². The number of halogens is 1. The molecular weight excluding hydrogens is 234 g/mol. The van der Waals surface area contributed by atoms with Crippen molar-refractivity contribution in [2.24, 2.45) is 0 Å². The van der Waals surface area contributed by atoms with Crippen molar-refractivity contribution >= 4 is 11.6 Å². The molecule has 1 saturated heterocycles. The Balaban J connectivity index is 1.76. The Morgan fingerprint density at radius 1 is 1.35 bits per heavy atom. The maximum atomic E-state index is 6.00. The SMILES string of the molecule is ClCC(Cc1ccccc1)NCC1CCCO1. The molecule has 1 N–H and O–H groups in total. The zero-order valence-corrected chi connectivity index (χ0v) is 10.8. The van der Waals surface area contributed by atoms with Gasteiger partial charge < -0.3 is 10.1 Å². The molecule has 0 aromatic heterocycles. The van der Waals surface area contributed by atoms with E-state index in [9.17, 15) is 0 Å². The van der Waals surface area contributed by atoms with Gasteiger partial charge in [0, 0.05) is 25.1 Å². The van der Waals surface area contributed by atoms with Crippen molar-refractivity contribution in [3.63, 3.8) is 0 Å². The highest BCUT2D eigenvalue weighted by molar-refractivity contribution is 6.18. The molecule has 2 atom stereocenters. The number of benzene rings is 1. The molecule has 0 saturated carbocycles. The predicted molar refractivity (Wildman–Crippen MR) is 71.6 cm³/mol. The molecule has 2 nitrogen and oxygen atoms in total. The van der Waals surface area contributed by atoms with E-state index in [1.807, 2.05) is 6.07 Å². The lowest BCUT2D eigenvalue weighted by atomic mass is 10.1. The highest BCUT2D eigenvalue weighted by Crippen LogP contribution is 2.11. The summed E-state index contributed by atoms with van der Waals surface area (Å²) in [5, 5.41) is 3.50. The number of alkyl halides is 1. The van der Waals surface area contributed by atoms with Crippen LogP contribution >= 0.6 is 11.6 Å². The molecule has 1 aromatic carbocycles. The summed E-state index contributed by atoms with van der Waals surface area (Å²) in [6.45, 7) is 1.83. The van der Waals surface area contributed by atoms with Crippen molar-refractivity contribution in [1.29, 1.82) is 0 Å². The molecule has 17 heavy (non-hydrogen) atoms. The first-order valence-corrected chi connectivity index (χ1v) is 6.87.